The summed E-state index contributed by atoms with van der Waals surface area (Å²) in [6.07, 6.45) is 4.55. The van der Waals surface area contributed by atoms with Crippen LogP contribution < -0.4 is 5.32 Å². The van der Waals surface area contributed by atoms with Crippen LogP contribution in [0.15, 0.2) is 12.4 Å². The Morgan fingerprint density at radius 1 is 1.47 bits per heavy atom. The molecular formula is C13H25N3O. The lowest BCUT2D eigenvalue weighted by Gasteiger charge is -2.28. The first-order valence-corrected chi connectivity index (χ1v) is 6.24. The Hall–Kier alpha value is -0.870. The summed E-state index contributed by atoms with van der Waals surface area (Å²) in [6.45, 7) is 8.88. The van der Waals surface area contributed by atoms with Crippen molar-refractivity contribution in [3.05, 3.63) is 18.0 Å². The molecule has 0 aromatic carbocycles. The molecule has 2 N–H and O–H groups in total. The molecule has 2 atom stereocenters. The van der Waals surface area contributed by atoms with Gasteiger partial charge in [0.1, 0.15) is 0 Å². The van der Waals surface area contributed by atoms with Crippen molar-refractivity contribution in [1.82, 2.24) is 15.1 Å². The highest BCUT2D eigenvalue weighted by Gasteiger charge is 2.23. The van der Waals surface area contributed by atoms with Gasteiger partial charge in [-0.1, -0.05) is 27.7 Å². The van der Waals surface area contributed by atoms with Gasteiger partial charge in [0, 0.05) is 31.4 Å². The molecule has 4 nitrogen and oxygen atoms in total. The topological polar surface area (TPSA) is 50.1 Å². The SMILES string of the molecule is CCC(NCC(O)C(C)(C)C)c1cnn(C)c1. The van der Waals surface area contributed by atoms with Gasteiger partial charge < -0.3 is 10.4 Å². The van der Waals surface area contributed by atoms with Crippen molar-refractivity contribution in [1.29, 1.82) is 0 Å². The van der Waals surface area contributed by atoms with E-state index in [-0.39, 0.29) is 17.6 Å². The van der Waals surface area contributed by atoms with Crippen LogP contribution >= 0.6 is 0 Å². The number of nitrogens with one attached hydrogen (secondary N) is 1. The second-order valence-electron chi connectivity index (χ2n) is 5.70. The van der Waals surface area contributed by atoms with Gasteiger partial charge >= 0.3 is 0 Å². The van der Waals surface area contributed by atoms with Gasteiger partial charge in [0.25, 0.3) is 0 Å². The van der Waals surface area contributed by atoms with Gasteiger partial charge in [-0.25, -0.2) is 0 Å². The Labute approximate surface area is 104 Å². The predicted molar refractivity (Wildman–Crippen MR) is 69.7 cm³/mol. The van der Waals surface area contributed by atoms with Crippen molar-refractivity contribution < 1.29 is 5.11 Å². The maximum absolute atomic E-state index is 10.00. The van der Waals surface area contributed by atoms with Gasteiger partial charge in [0.05, 0.1) is 12.3 Å². The Morgan fingerprint density at radius 2 is 2.12 bits per heavy atom. The first-order chi connectivity index (χ1) is 7.84. The summed E-state index contributed by atoms with van der Waals surface area (Å²) in [5, 5.41) is 17.6. The highest BCUT2D eigenvalue weighted by molar-refractivity contribution is 5.10. The van der Waals surface area contributed by atoms with E-state index in [4.69, 9.17) is 0 Å². The largest absolute Gasteiger partial charge is 0.391 e. The van der Waals surface area contributed by atoms with Crippen molar-refractivity contribution >= 4 is 0 Å². The summed E-state index contributed by atoms with van der Waals surface area (Å²) >= 11 is 0. The third-order valence-corrected chi connectivity index (χ3v) is 3.09. The fourth-order valence-corrected chi connectivity index (χ4v) is 1.68. The van der Waals surface area contributed by atoms with Gasteiger partial charge in [-0.15, -0.1) is 0 Å². The zero-order chi connectivity index (χ0) is 13.1. The van der Waals surface area contributed by atoms with E-state index in [1.165, 1.54) is 5.56 Å². The number of nitrogens with zero attached hydrogens (tertiary/aromatic N) is 2. The number of aromatic nitrogens is 2. The summed E-state index contributed by atoms with van der Waals surface area (Å²) in [5.41, 5.74) is 1.09. The molecule has 0 radical (unpaired) electrons. The lowest BCUT2D eigenvalue weighted by Crippen LogP contribution is -2.38. The maximum Gasteiger partial charge on any atom is 0.0712 e. The molecule has 0 amide bonds. The van der Waals surface area contributed by atoms with E-state index in [0.29, 0.717) is 6.54 Å². The second kappa shape index (κ2) is 5.65. The van der Waals surface area contributed by atoms with E-state index in [9.17, 15) is 5.11 Å². The van der Waals surface area contributed by atoms with E-state index >= 15 is 0 Å². The van der Waals surface area contributed by atoms with E-state index < -0.39 is 0 Å². The minimum atomic E-state index is -0.340. The fraction of sp³-hybridized carbons (Fsp3) is 0.769. The number of aliphatic hydroxyl groups excluding tert-OH is 1. The molecule has 4 heteroatoms. The van der Waals surface area contributed by atoms with Crippen molar-refractivity contribution in [3.63, 3.8) is 0 Å². The average molecular weight is 239 g/mol. The van der Waals surface area contributed by atoms with Gasteiger partial charge in [0.2, 0.25) is 0 Å². The highest BCUT2D eigenvalue weighted by atomic mass is 16.3. The standard InChI is InChI=1S/C13H25N3O/c1-6-11(10-7-15-16(5)9-10)14-8-12(17)13(2,3)4/h7,9,11-12,14,17H,6,8H2,1-5H3. The zero-order valence-electron chi connectivity index (χ0n) is 11.6. The molecule has 1 aromatic rings. The molecule has 2 unspecified atom stereocenters. The Balaban J connectivity index is 2.54. The molecule has 0 aliphatic rings. The molecule has 0 fully saturated rings. The number of aryl methyl sites for hydroxylation is 1. The fourth-order valence-electron chi connectivity index (χ4n) is 1.68. The normalized spacial score (nSPS) is 15.9. The lowest BCUT2D eigenvalue weighted by atomic mass is 9.89. The Kier molecular flexibility index (Phi) is 4.71. The third kappa shape index (κ3) is 4.13. The zero-order valence-corrected chi connectivity index (χ0v) is 11.6. The number of hydrogen-bond acceptors (Lipinski definition) is 3. The number of rotatable bonds is 5. The van der Waals surface area contributed by atoms with Crippen LogP contribution in [0.3, 0.4) is 0 Å². The van der Waals surface area contributed by atoms with Gasteiger partial charge in [-0.05, 0) is 11.8 Å². The first kappa shape index (κ1) is 14.2. The number of aliphatic hydroxyl groups is 1. The molecule has 0 aliphatic heterocycles. The molecule has 17 heavy (non-hydrogen) atoms. The Morgan fingerprint density at radius 3 is 2.53 bits per heavy atom. The monoisotopic (exact) mass is 239 g/mol. The maximum atomic E-state index is 10.00. The van der Waals surface area contributed by atoms with Crippen LogP contribution in [0.25, 0.3) is 0 Å². The van der Waals surface area contributed by atoms with E-state index in [2.05, 4.69) is 17.3 Å². The lowest BCUT2D eigenvalue weighted by molar-refractivity contribution is 0.0602. The number of hydrogen-bond donors (Lipinski definition) is 2. The molecule has 1 rings (SSSR count). The summed E-state index contributed by atoms with van der Waals surface area (Å²) in [7, 11) is 1.92. The van der Waals surface area contributed by atoms with Crippen molar-refractivity contribution in [2.24, 2.45) is 12.5 Å². The van der Waals surface area contributed by atoms with Crippen LogP contribution in [0.4, 0.5) is 0 Å². The smallest absolute Gasteiger partial charge is 0.0712 e. The molecular weight excluding hydrogens is 214 g/mol. The highest BCUT2D eigenvalue weighted by Crippen LogP contribution is 2.20. The molecule has 0 saturated heterocycles. The molecule has 0 saturated carbocycles. The van der Waals surface area contributed by atoms with Crippen LogP contribution in [0.5, 0.6) is 0 Å². The van der Waals surface area contributed by atoms with Crippen LogP contribution in [-0.4, -0.2) is 27.5 Å². The summed E-state index contributed by atoms with van der Waals surface area (Å²) in [5.74, 6) is 0. The van der Waals surface area contributed by atoms with Gasteiger partial charge in [-0.2, -0.15) is 5.10 Å². The Bertz CT molecular complexity index is 341. The predicted octanol–water partition coefficient (Wildman–Crippen LogP) is 1.87. The van der Waals surface area contributed by atoms with Crippen LogP contribution in [0, 0.1) is 5.41 Å². The van der Waals surface area contributed by atoms with Gasteiger partial charge in [0.15, 0.2) is 0 Å². The molecule has 0 aliphatic carbocycles. The van der Waals surface area contributed by atoms with Crippen molar-refractivity contribution in [2.75, 3.05) is 6.54 Å². The van der Waals surface area contributed by atoms with E-state index in [1.54, 1.807) is 4.68 Å². The van der Waals surface area contributed by atoms with Crippen LogP contribution in [0.2, 0.25) is 0 Å². The van der Waals surface area contributed by atoms with Crippen molar-refractivity contribution in [3.8, 4) is 0 Å². The first-order valence-electron chi connectivity index (χ1n) is 6.24. The third-order valence-electron chi connectivity index (χ3n) is 3.09. The molecule has 0 bridgehead atoms. The summed E-state index contributed by atoms with van der Waals surface area (Å²) in [6, 6.07) is 0.265. The van der Waals surface area contributed by atoms with E-state index in [0.717, 1.165) is 6.42 Å². The van der Waals surface area contributed by atoms with Gasteiger partial charge in [-0.3, -0.25) is 4.68 Å². The average Bonchev–Trinajstić information content (AvgIpc) is 2.64. The molecule has 1 aromatic heterocycles. The molecule has 98 valence electrons. The minimum Gasteiger partial charge on any atom is -0.391 e. The van der Waals surface area contributed by atoms with Crippen LogP contribution in [0.1, 0.15) is 45.7 Å². The second-order valence-corrected chi connectivity index (χ2v) is 5.70. The van der Waals surface area contributed by atoms with Crippen molar-refractivity contribution in [2.45, 2.75) is 46.3 Å². The minimum absolute atomic E-state index is 0.0831. The van der Waals surface area contributed by atoms with Crippen LogP contribution in [-0.2, 0) is 7.05 Å². The van der Waals surface area contributed by atoms with E-state index in [1.807, 2.05) is 40.2 Å². The summed E-state index contributed by atoms with van der Waals surface area (Å²) < 4.78 is 1.81. The summed E-state index contributed by atoms with van der Waals surface area (Å²) in [4.78, 5) is 0. The molecule has 0 spiro atoms. The quantitative estimate of drug-likeness (QED) is 0.824. The molecule has 1 heterocycles.